The molecule has 0 radical (unpaired) electrons. The van der Waals surface area contributed by atoms with Gasteiger partial charge < -0.3 is 15.3 Å². The molecule has 0 unspecified atom stereocenters. The van der Waals surface area contributed by atoms with E-state index in [1.807, 2.05) is 20.8 Å². The predicted octanol–water partition coefficient (Wildman–Crippen LogP) is 1.08. The van der Waals surface area contributed by atoms with Crippen molar-refractivity contribution in [3.05, 3.63) is 11.6 Å². The quantitative estimate of drug-likeness (QED) is 0.565. The maximum Gasteiger partial charge on any atom is 0.0616 e. The van der Waals surface area contributed by atoms with E-state index in [-0.39, 0.29) is 13.2 Å². The van der Waals surface area contributed by atoms with Crippen LogP contribution in [0.2, 0.25) is 0 Å². The summed E-state index contributed by atoms with van der Waals surface area (Å²) in [4.78, 5) is 0. The Kier molecular flexibility index (Phi) is 6.00. The van der Waals surface area contributed by atoms with Crippen molar-refractivity contribution >= 4 is 0 Å². The summed E-state index contributed by atoms with van der Waals surface area (Å²) in [5.74, 6) is 0. The summed E-state index contributed by atoms with van der Waals surface area (Å²) in [6, 6.07) is 0. The van der Waals surface area contributed by atoms with Crippen molar-refractivity contribution in [1.82, 2.24) is 0 Å². The van der Waals surface area contributed by atoms with Crippen molar-refractivity contribution in [3.8, 4) is 0 Å². The molecule has 3 N–H and O–H groups in total. The topological polar surface area (TPSA) is 60.7 Å². The van der Waals surface area contributed by atoms with Gasteiger partial charge in [-0.3, -0.25) is 0 Å². The Morgan fingerprint density at radius 2 is 1.93 bits per heavy atom. The molecule has 84 valence electrons. The molecule has 0 saturated heterocycles. The standard InChI is InChI=1S/C11H22O3/c1-9(6-7-12)4-5-10(14)11(2,3)8-13/h6,10,12-14H,4-5,7-8H2,1-3H3/t10-/m1/s1. The molecule has 0 fully saturated rings. The second kappa shape index (κ2) is 6.17. The van der Waals surface area contributed by atoms with Crippen molar-refractivity contribution in [2.24, 2.45) is 5.41 Å². The van der Waals surface area contributed by atoms with Gasteiger partial charge in [0.1, 0.15) is 0 Å². The Morgan fingerprint density at radius 3 is 2.36 bits per heavy atom. The molecule has 3 heteroatoms. The van der Waals surface area contributed by atoms with Crippen LogP contribution >= 0.6 is 0 Å². The zero-order valence-corrected chi connectivity index (χ0v) is 9.32. The van der Waals surface area contributed by atoms with Gasteiger partial charge in [0.2, 0.25) is 0 Å². The molecule has 14 heavy (non-hydrogen) atoms. The van der Waals surface area contributed by atoms with Gasteiger partial charge in [0.15, 0.2) is 0 Å². The first-order valence-electron chi connectivity index (χ1n) is 4.99. The number of aliphatic hydroxyl groups excluding tert-OH is 3. The number of allylic oxidation sites excluding steroid dienone is 1. The molecule has 0 spiro atoms. The molecule has 0 aromatic carbocycles. The Bertz CT molecular complexity index is 185. The Morgan fingerprint density at radius 1 is 1.36 bits per heavy atom. The minimum atomic E-state index is -0.505. The molecule has 0 aromatic heterocycles. The van der Waals surface area contributed by atoms with E-state index in [1.54, 1.807) is 6.08 Å². The van der Waals surface area contributed by atoms with Gasteiger partial charge in [0.25, 0.3) is 0 Å². The number of rotatable bonds is 6. The molecular formula is C11H22O3. The summed E-state index contributed by atoms with van der Waals surface area (Å²) in [7, 11) is 0. The third-order valence-corrected chi connectivity index (χ3v) is 2.56. The lowest BCUT2D eigenvalue weighted by Gasteiger charge is -2.28. The minimum Gasteiger partial charge on any atom is -0.396 e. The molecule has 1 atom stereocenters. The summed E-state index contributed by atoms with van der Waals surface area (Å²) in [5.41, 5.74) is 0.625. The monoisotopic (exact) mass is 202 g/mol. The van der Waals surface area contributed by atoms with Crippen molar-refractivity contribution in [2.75, 3.05) is 13.2 Å². The van der Waals surface area contributed by atoms with E-state index in [2.05, 4.69) is 0 Å². The van der Waals surface area contributed by atoms with Crippen LogP contribution in [0, 0.1) is 5.41 Å². The van der Waals surface area contributed by atoms with Crippen molar-refractivity contribution in [3.63, 3.8) is 0 Å². The summed E-state index contributed by atoms with van der Waals surface area (Å²) >= 11 is 0. The smallest absolute Gasteiger partial charge is 0.0616 e. The fourth-order valence-corrected chi connectivity index (χ4v) is 1.12. The van der Waals surface area contributed by atoms with E-state index in [1.165, 1.54) is 0 Å². The van der Waals surface area contributed by atoms with E-state index >= 15 is 0 Å². The first-order chi connectivity index (χ1) is 6.44. The molecule has 0 amide bonds. The van der Waals surface area contributed by atoms with Crippen LogP contribution in [-0.2, 0) is 0 Å². The SMILES string of the molecule is CC(=CCO)CC[C@@H](O)C(C)(C)CO. The molecule has 3 nitrogen and oxygen atoms in total. The van der Waals surface area contributed by atoms with Gasteiger partial charge in [0.05, 0.1) is 19.3 Å². The molecule has 0 aliphatic rings. The average molecular weight is 202 g/mol. The van der Waals surface area contributed by atoms with Crippen LogP contribution in [0.25, 0.3) is 0 Å². The number of aliphatic hydroxyl groups is 3. The molecule has 0 aliphatic carbocycles. The average Bonchev–Trinajstić information content (AvgIpc) is 2.14. The minimum absolute atomic E-state index is 0.0169. The lowest BCUT2D eigenvalue weighted by atomic mass is 9.84. The molecule has 0 saturated carbocycles. The highest BCUT2D eigenvalue weighted by Gasteiger charge is 2.26. The van der Waals surface area contributed by atoms with Crippen molar-refractivity contribution in [1.29, 1.82) is 0 Å². The van der Waals surface area contributed by atoms with Crippen LogP contribution in [0.4, 0.5) is 0 Å². The van der Waals surface area contributed by atoms with Crippen LogP contribution in [0.5, 0.6) is 0 Å². The van der Waals surface area contributed by atoms with Crippen molar-refractivity contribution in [2.45, 2.75) is 39.7 Å². The Hall–Kier alpha value is -0.380. The summed E-state index contributed by atoms with van der Waals surface area (Å²) in [6.45, 7) is 5.63. The van der Waals surface area contributed by atoms with Gasteiger partial charge in [-0.05, 0) is 19.8 Å². The summed E-state index contributed by atoms with van der Waals surface area (Å²) < 4.78 is 0. The van der Waals surface area contributed by atoms with E-state index < -0.39 is 11.5 Å². The first-order valence-corrected chi connectivity index (χ1v) is 4.99. The van der Waals surface area contributed by atoms with Gasteiger partial charge in [-0.2, -0.15) is 0 Å². The van der Waals surface area contributed by atoms with Crippen LogP contribution in [0.1, 0.15) is 33.6 Å². The highest BCUT2D eigenvalue weighted by atomic mass is 16.3. The molecule has 0 heterocycles. The van der Waals surface area contributed by atoms with E-state index in [0.717, 1.165) is 12.0 Å². The van der Waals surface area contributed by atoms with Crippen LogP contribution < -0.4 is 0 Å². The van der Waals surface area contributed by atoms with Crippen LogP contribution in [0.15, 0.2) is 11.6 Å². The zero-order chi connectivity index (χ0) is 11.2. The Balaban J connectivity index is 3.96. The third kappa shape index (κ3) is 4.74. The Labute approximate surface area is 86.1 Å². The maximum atomic E-state index is 9.74. The fourth-order valence-electron chi connectivity index (χ4n) is 1.12. The molecule has 0 aromatic rings. The lowest BCUT2D eigenvalue weighted by Crippen LogP contribution is -2.32. The highest BCUT2D eigenvalue weighted by molar-refractivity contribution is 4.98. The van der Waals surface area contributed by atoms with Gasteiger partial charge in [-0.15, -0.1) is 0 Å². The summed E-state index contributed by atoms with van der Waals surface area (Å²) in [6.07, 6.45) is 2.61. The van der Waals surface area contributed by atoms with Crippen LogP contribution in [0.3, 0.4) is 0 Å². The number of hydrogen-bond acceptors (Lipinski definition) is 3. The van der Waals surface area contributed by atoms with E-state index in [4.69, 9.17) is 10.2 Å². The van der Waals surface area contributed by atoms with Gasteiger partial charge in [0, 0.05) is 5.41 Å². The maximum absolute atomic E-state index is 9.74. The number of hydrogen-bond donors (Lipinski definition) is 3. The normalized spacial score (nSPS) is 15.7. The van der Waals surface area contributed by atoms with Gasteiger partial charge in [-0.1, -0.05) is 25.5 Å². The predicted molar refractivity (Wildman–Crippen MR) is 57.0 cm³/mol. The fraction of sp³-hybridized carbons (Fsp3) is 0.818. The van der Waals surface area contributed by atoms with Crippen molar-refractivity contribution < 1.29 is 15.3 Å². The molecule has 0 bridgehead atoms. The highest BCUT2D eigenvalue weighted by Crippen LogP contribution is 2.24. The lowest BCUT2D eigenvalue weighted by molar-refractivity contribution is 0.00312. The van der Waals surface area contributed by atoms with E-state index in [0.29, 0.717) is 6.42 Å². The van der Waals surface area contributed by atoms with Gasteiger partial charge in [-0.25, -0.2) is 0 Å². The molecule has 0 rings (SSSR count). The largest absolute Gasteiger partial charge is 0.396 e. The second-order valence-corrected chi connectivity index (χ2v) is 4.43. The molecule has 0 aliphatic heterocycles. The second-order valence-electron chi connectivity index (χ2n) is 4.43. The van der Waals surface area contributed by atoms with E-state index in [9.17, 15) is 5.11 Å². The third-order valence-electron chi connectivity index (χ3n) is 2.56. The van der Waals surface area contributed by atoms with Crippen LogP contribution in [-0.4, -0.2) is 34.6 Å². The molecular weight excluding hydrogens is 180 g/mol. The zero-order valence-electron chi connectivity index (χ0n) is 9.32. The summed E-state index contributed by atoms with van der Waals surface area (Å²) in [5, 5.41) is 27.4. The van der Waals surface area contributed by atoms with Gasteiger partial charge >= 0.3 is 0 Å². The first kappa shape index (κ1) is 13.6.